The van der Waals surface area contributed by atoms with E-state index in [0.717, 1.165) is 6.20 Å². The summed E-state index contributed by atoms with van der Waals surface area (Å²) in [5.41, 5.74) is 0.818. The van der Waals surface area contributed by atoms with Crippen LogP contribution in [0.15, 0.2) is 24.4 Å². The van der Waals surface area contributed by atoms with Crippen LogP contribution in [-0.4, -0.2) is 30.7 Å². The third-order valence-corrected chi connectivity index (χ3v) is 2.74. The standard InChI is InChI=1S/C14H16FN3O2/c1-4-16-14-17-8-10(15)13(18-14)9-5-6-11(19-2)12(7-9)20-3/h5-8H,4H2,1-3H3,(H,16,17,18). The lowest BCUT2D eigenvalue weighted by molar-refractivity contribution is 0.355. The summed E-state index contributed by atoms with van der Waals surface area (Å²) in [6.07, 6.45) is 1.15. The van der Waals surface area contributed by atoms with Crippen molar-refractivity contribution in [2.45, 2.75) is 6.92 Å². The van der Waals surface area contributed by atoms with E-state index in [9.17, 15) is 4.39 Å². The molecular weight excluding hydrogens is 261 g/mol. The van der Waals surface area contributed by atoms with E-state index in [-0.39, 0.29) is 5.69 Å². The third-order valence-electron chi connectivity index (χ3n) is 2.74. The van der Waals surface area contributed by atoms with Gasteiger partial charge in [0, 0.05) is 12.1 Å². The Balaban J connectivity index is 2.47. The van der Waals surface area contributed by atoms with Crippen molar-refractivity contribution in [1.82, 2.24) is 9.97 Å². The second-order valence-corrected chi connectivity index (χ2v) is 3.99. The lowest BCUT2D eigenvalue weighted by atomic mass is 10.1. The first kappa shape index (κ1) is 14.0. The minimum Gasteiger partial charge on any atom is -0.493 e. The molecule has 1 heterocycles. The fraction of sp³-hybridized carbons (Fsp3) is 0.286. The molecule has 0 bridgehead atoms. The van der Waals surface area contributed by atoms with E-state index in [1.54, 1.807) is 25.3 Å². The number of hydrogen-bond donors (Lipinski definition) is 1. The van der Waals surface area contributed by atoms with Crippen LogP contribution >= 0.6 is 0 Å². The van der Waals surface area contributed by atoms with Gasteiger partial charge in [-0.1, -0.05) is 0 Å². The highest BCUT2D eigenvalue weighted by atomic mass is 19.1. The molecule has 1 N–H and O–H groups in total. The van der Waals surface area contributed by atoms with Crippen molar-refractivity contribution in [3.05, 3.63) is 30.2 Å². The lowest BCUT2D eigenvalue weighted by Gasteiger charge is -2.10. The number of ether oxygens (including phenoxy) is 2. The number of hydrogen-bond acceptors (Lipinski definition) is 5. The molecule has 1 aromatic carbocycles. The molecular formula is C14H16FN3O2. The summed E-state index contributed by atoms with van der Waals surface area (Å²) in [5, 5.41) is 2.95. The first-order valence-electron chi connectivity index (χ1n) is 6.18. The molecule has 6 heteroatoms. The number of nitrogens with one attached hydrogen (secondary N) is 1. The van der Waals surface area contributed by atoms with E-state index in [1.807, 2.05) is 6.92 Å². The summed E-state index contributed by atoms with van der Waals surface area (Å²) < 4.78 is 24.3. The molecule has 0 amide bonds. The van der Waals surface area contributed by atoms with Crippen LogP contribution in [0.3, 0.4) is 0 Å². The second kappa shape index (κ2) is 6.18. The number of rotatable bonds is 5. The minimum atomic E-state index is -0.487. The summed E-state index contributed by atoms with van der Waals surface area (Å²) in [6, 6.07) is 5.12. The predicted octanol–water partition coefficient (Wildman–Crippen LogP) is 2.73. The molecule has 0 radical (unpaired) electrons. The Hall–Kier alpha value is -2.37. The molecule has 5 nitrogen and oxygen atoms in total. The van der Waals surface area contributed by atoms with Crippen LogP contribution in [0.2, 0.25) is 0 Å². The monoisotopic (exact) mass is 277 g/mol. The summed E-state index contributed by atoms with van der Waals surface area (Å²) in [7, 11) is 3.08. The van der Waals surface area contributed by atoms with Crippen LogP contribution in [0.25, 0.3) is 11.3 Å². The number of benzene rings is 1. The topological polar surface area (TPSA) is 56.3 Å². The maximum absolute atomic E-state index is 13.9. The van der Waals surface area contributed by atoms with Crippen LogP contribution in [0.5, 0.6) is 11.5 Å². The van der Waals surface area contributed by atoms with Gasteiger partial charge in [0.1, 0.15) is 5.69 Å². The Labute approximate surface area is 116 Å². The average Bonchev–Trinajstić information content (AvgIpc) is 2.48. The van der Waals surface area contributed by atoms with Crippen LogP contribution in [0.1, 0.15) is 6.92 Å². The number of methoxy groups -OCH3 is 2. The van der Waals surface area contributed by atoms with Gasteiger partial charge in [0.05, 0.1) is 20.4 Å². The zero-order chi connectivity index (χ0) is 14.5. The van der Waals surface area contributed by atoms with Gasteiger partial charge in [-0.05, 0) is 25.1 Å². The van der Waals surface area contributed by atoms with Gasteiger partial charge in [-0.2, -0.15) is 0 Å². The van der Waals surface area contributed by atoms with Crippen molar-refractivity contribution in [1.29, 1.82) is 0 Å². The van der Waals surface area contributed by atoms with Gasteiger partial charge in [-0.15, -0.1) is 0 Å². The van der Waals surface area contributed by atoms with E-state index >= 15 is 0 Å². The zero-order valence-electron chi connectivity index (χ0n) is 11.6. The van der Waals surface area contributed by atoms with E-state index in [1.165, 1.54) is 7.11 Å². The normalized spacial score (nSPS) is 10.2. The number of anilines is 1. The molecule has 2 aromatic rings. The first-order chi connectivity index (χ1) is 9.69. The van der Waals surface area contributed by atoms with Gasteiger partial charge in [0.15, 0.2) is 17.3 Å². The number of aromatic nitrogens is 2. The minimum absolute atomic E-state index is 0.219. The molecule has 0 spiro atoms. The van der Waals surface area contributed by atoms with Crippen molar-refractivity contribution in [2.24, 2.45) is 0 Å². The summed E-state index contributed by atoms with van der Waals surface area (Å²) in [6.45, 7) is 2.58. The highest BCUT2D eigenvalue weighted by Gasteiger charge is 2.12. The molecule has 0 aliphatic heterocycles. The molecule has 20 heavy (non-hydrogen) atoms. The molecule has 0 saturated carbocycles. The Morgan fingerprint density at radius 2 is 1.95 bits per heavy atom. The molecule has 0 aliphatic carbocycles. The fourth-order valence-corrected chi connectivity index (χ4v) is 1.80. The fourth-order valence-electron chi connectivity index (χ4n) is 1.80. The highest BCUT2D eigenvalue weighted by molar-refractivity contribution is 5.65. The van der Waals surface area contributed by atoms with Gasteiger partial charge in [0.25, 0.3) is 0 Å². The van der Waals surface area contributed by atoms with Gasteiger partial charge >= 0.3 is 0 Å². The molecule has 0 fully saturated rings. The molecule has 106 valence electrons. The zero-order valence-corrected chi connectivity index (χ0v) is 11.6. The Kier molecular flexibility index (Phi) is 4.34. The van der Waals surface area contributed by atoms with Crippen molar-refractivity contribution >= 4 is 5.95 Å². The highest BCUT2D eigenvalue weighted by Crippen LogP contribution is 2.32. The third kappa shape index (κ3) is 2.79. The molecule has 0 aliphatic rings. The Bertz CT molecular complexity index is 605. The van der Waals surface area contributed by atoms with Crippen LogP contribution in [0.4, 0.5) is 10.3 Å². The van der Waals surface area contributed by atoms with E-state index < -0.39 is 5.82 Å². The molecule has 0 atom stereocenters. The van der Waals surface area contributed by atoms with Gasteiger partial charge in [0.2, 0.25) is 5.95 Å². The van der Waals surface area contributed by atoms with E-state index in [4.69, 9.17) is 9.47 Å². The van der Waals surface area contributed by atoms with Gasteiger partial charge in [-0.3, -0.25) is 0 Å². The van der Waals surface area contributed by atoms with Crippen molar-refractivity contribution in [2.75, 3.05) is 26.1 Å². The summed E-state index contributed by atoms with van der Waals surface area (Å²) in [5.74, 6) is 1.00. The molecule has 2 rings (SSSR count). The molecule has 0 saturated heterocycles. The van der Waals surface area contributed by atoms with Crippen LogP contribution in [-0.2, 0) is 0 Å². The van der Waals surface area contributed by atoms with E-state index in [0.29, 0.717) is 29.6 Å². The largest absolute Gasteiger partial charge is 0.493 e. The van der Waals surface area contributed by atoms with Gasteiger partial charge in [-0.25, -0.2) is 14.4 Å². The maximum atomic E-state index is 13.9. The number of halogens is 1. The van der Waals surface area contributed by atoms with Crippen molar-refractivity contribution in [3.8, 4) is 22.8 Å². The second-order valence-electron chi connectivity index (χ2n) is 3.99. The molecule has 1 aromatic heterocycles. The summed E-state index contributed by atoms with van der Waals surface area (Å²) in [4.78, 5) is 8.05. The predicted molar refractivity (Wildman–Crippen MR) is 74.7 cm³/mol. The summed E-state index contributed by atoms with van der Waals surface area (Å²) >= 11 is 0. The van der Waals surface area contributed by atoms with Crippen molar-refractivity contribution < 1.29 is 13.9 Å². The lowest BCUT2D eigenvalue weighted by Crippen LogP contribution is -2.04. The van der Waals surface area contributed by atoms with E-state index in [2.05, 4.69) is 15.3 Å². The first-order valence-corrected chi connectivity index (χ1v) is 6.18. The SMILES string of the molecule is CCNc1ncc(F)c(-c2ccc(OC)c(OC)c2)n1. The quantitative estimate of drug-likeness (QED) is 0.910. The Morgan fingerprint density at radius 3 is 2.60 bits per heavy atom. The Morgan fingerprint density at radius 1 is 1.20 bits per heavy atom. The maximum Gasteiger partial charge on any atom is 0.223 e. The number of nitrogens with zero attached hydrogens (tertiary/aromatic N) is 2. The van der Waals surface area contributed by atoms with Gasteiger partial charge < -0.3 is 14.8 Å². The van der Waals surface area contributed by atoms with Crippen LogP contribution in [0, 0.1) is 5.82 Å². The van der Waals surface area contributed by atoms with Crippen molar-refractivity contribution in [3.63, 3.8) is 0 Å². The average molecular weight is 277 g/mol. The molecule has 0 unspecified atom stereocenters. The van der Waals surface area contributed by atoms with Crippen LogP contribution < -0.4 is 14.8 Å². The smallest absolute Gasteiger partial charge is 0.223 e.